The van der Waals surface area contributed by atoms with Gasteiger partial charge in [-0.2, -0.15) is 0 Å². The summed E-state index contributed by atoms with van der Waals surface area (Å²) in [4.78, 5) is 13.8. The van der Waals surface area contributed by atoms with Gasteiger partial charge >= 0.3 is 0 Å². The second kappa shape index (κ2) is 6.98. The lowest BCUT2D eigenvalue weighted by molar-refractivity contribution is -0.139. The summed E-state index contributed by atoms with van der Waals surface area (Å²) in [5.41, 5.74) is 6.01. The molecule has 0 unspecified atom stereocenters. The van der Waals surface area contributed by atoms with Gasteiger partial charge in [0.1, 0.15) is 0 Å². The maximum absolute atomic E-state index is 12.1. The molecule has 0 aliphatic rings. The lowest BCUT2D eigenvalue weighted by Gasteiger charge is -2.28. The minimum atomic E-state index is -0.532. The van der Waals surface area contributed by atoms with Gasteiger partial charge in [0, 0.05) is 25.2 Å². The van der Waals surface area contributed by atoms with Crippen LogP contribution in [-0.2, 0) is 11.3 Å². The largest absolute Gasteiger partial charge is 0.341 e. The van der Waals surface area contributed by atoms with Crippen LogP contribution in [0.5, 0.6) is 0 Å². The fourth-order valence-electron chi connectivity index (χ4n) is 1.56. The van der Waals surface area contributed by atoms with E-state index in [9.17, 15) is 4.79 Å². The lowest BCUT2D eigenvalue weighted by atomic mass is 9.92. The van der Waals surface area contributed by atoms with Crippen molar-refractivity contribution in [2.45, 2.75) is 20.4 Å². The molecule has 0 aliphatic heterocycles. The summed E-state index contributed by atoms with van der Waals surface area (Å²) >= 11 is 6.06. The van der Waals surface area contributed by atoms with E-state index in [0.29, 0.717) is 18.1 Å². The summed E-state index contributed by atoms with van der Waals surface area (Å²) in [6.07, 6.45) is 0. The molecule has 5 heteroatoms. The summed E-state index contributed by atoms with van der Waals surface area (Å²) < 4.78 is 0. The highest BCUT2D eigenvalue weighted by Gasteiger charge is 2.28. The van der Waals surface area contributed by atoms with Gasteiger partial charge < -0.3 is 10.6 Å². The van der Waals surface area contributed by atoms with Crippen LogP contribution in [0, 0.1) is 5.41 Å². The summed E-state index contributed by atoms with van der Waals surface area (Å²) in [5.74, 6) is 0.0277. The van der Waals surface area contributed by atoms with Crippen molar-refractivity contribution in [3.05, 3.63) is 34.9 Å². The Morgan fingerprint density at radius 3 is 2.44 bits per heavy atom. The van der Waals surface area contributed by atoms with Crippen molar-refractivity contribution in [3.63, 3.8) is 0 Å². The van der Waals surface area contributed by atoms with Crippen LogP contribution in [0.4, 0.5) is 0 Å². The normalized spacial score (nSPS) is 10.7. The molecule has 0 atom stereocenters. The number of benzene rings is 1. The molecular weight excluding hydrogens is 271 g/mol. The van der Waals surface area contributed by atoms with Crippen LogP contribution in [0.15, 0.2) is 24.3 Å². The van der Waals surface area contributed by atoms with Crippen molar-refractivity contribution >= 4 is 29.9 Å². The molecule has 102 valence electrons. The zero-order chi connectivity index (χ0) is 13.1. The number of nitrogens with zero attached hydrogens (tertiary/aromatic N) is 1. The van der Waals surface area contributed by atoms with Crippen molar-refractivity contribution in [2.75, 3.05) is 13.6 Å². The quantitative estimate of drug-likeness (QED) is 0.927. The number of halogens is 2. The summed E-state index contributed by atoms with van der Waals surface area (Å²) in [7, 11) is 1.77. The lowest BCUT2D eigenvalue weighted by Crippen LogP contribution is -2.42. The van der Waals surface area contributed by atoms with E-state index >= 15 is 0 Å². The predicted octanol–water partition coefficient (Wildman–Crippen LogP) is 2.71. The second-order valence-electron chi connectivity index (χ2n) is 4.84. The molecule has 0 saturated heterocycles. The third-order valence-electron chi connectivity index (χ3n) is 2.80. The predicted molar refractivity (Wildman–Crippen MR) is 78.0 cm³/mol. The van der Waals surface area contributed by atoms with Gasteiger partial charge in [-0.25, -0.2) is 0 Å². The molecular formula is C13H20Cl2N2O. The molecule has 0 fully saturated rings. The molecule has 1 amide bonds. The van der Waals surface area contributed by atoms with Crippen LogP contribution in [0.2, 0.25) is 5.02 Å². The van der Waals surface area contributed by atoms with Crippen molar-refractivity contribution in [2.24, 2.45) is 11.1 Å². The van der Waals surface area contributed by atoms with Crippen LogP contribution >= 0.6 is 24.0 Å². The summed E-state index contributed by atoms with van der Waals surface area (Å²) in [5, 5.41) is 0.678. The van der Waals surface area contributed by atoms with Gasteiger partial charge in [-0.15, -0.1) is 12.4 Å². The van der Waals surface area contributed by atoms with E-state index < -0.39 is 5.41 Å². The smallest absolute Gasteiger partial charge is 0.229 e. The Balaban J connectivity index is 0.00000289. The molecule has 3 nitrogen and oxygen atoms in total. The van der Waals surface area contributed by atoms with Crippen molar-refractivity contribution < 1.29 is 4.79 Å². The van der Waals surface area contributed by atoms with E-state index in [1.54, 1.807) is 11.9 Å². The average molecular weight is 291 g/mol. The van der Waals surface area contributed by atoms with Crippen LogP contribution in [0.3, 0.4) is 0 Å². The molecule has 0 aromatic heterocycles. The van der Waals surface area contributed by atoms with Crippen LogP contribution in [0.25, 0.3) is 0 Å². The number of rotatable bonds is 4. The number of carbonyl (C=O) groups excluding carboxylic acids is 1. The average Bonchev–Trinajstić information content (AvgIpc) is 2.31. The monoisotopic (exact) mass is 290 g/mol. The van der Waals surface area contributed by atoms with E-state index in [1.165, 1.54) is 0 Å². The summed E-state index contributed by atoms with van der Waals surface area (Å²) in [6, 6.07) is 7.52. The first-order chi connectivity index (χ1) is 7.88. The van der Waals surface area contributed by atoms with Crippen LogP contribution in [-0.4, -0.2) is 24.4 Å². The van der Waals surface area contributed by atoms with Gasteiger partial charge in [0.25, 0.3) is 0 Å². The number of hydrogen-bond acceptors (Lipinski definition) is 2. The van der Waals surface area contributed by atoms with Gasteiger partial charge in [-0.1, -0.05) is 29.8 Å². The van der Waals surface area contributed by atoms with Crippen molar-refractivity contribution in [1.29, 1.82) is 0 Å². The van der Waals surface area contributed by atoms with Gasteiger partial charge in [-0.05, 0) is 25.5 Å². The van der Waals surface area contributed by atoms with Gasteiger partial charge in [0.15, 0.2) is 0 Å². The maximum atomic E-state index is 12.1. The third kappa shape index (κ3) is 4.16. The van der Waals surface area contributed by atoms with E-state index in [2.05, 4.69) is 0 Å². The van der Waals surface area contributed by atoms with E-state index in [1.807, 2.05) is 38.1 Å². The third-order valence-corrected chi connectivity index (χ3v) is 3.17. The first-order valence-corrected chi connectivity index (χ1v) is 5.95. The number of amides is 1. The van der Waals surface area contributed by atoms with Crippen LogP contribution < -0.4 is 5.73 Å². The van der Waals surface area contributed by atoms with E-state index in [-0.39, 0.29) is 18.3 Å². The first kappa shape index (κ1) is 17.2. The van der Waals surface area contributed by atoms with Gasteiger partial charge in [-0.3, -0.25) is 4.79 Å². The molecule has 0 radical (unpaired) electrons. The van der Waals surface area contributed by atoms with Crippen molar-refractivity contribution in [3.8, 4) is 0 Å². The Kier molecular flexibility index (Phi) is 6.68. The molecule has 0 heterocycles. The Morgan fingerprint density at radius 2 is 1.94 bits per heavy atom. The SMILES string of the molecule is CN(Cc1ccccc1Cl)C(=O)C(C)(C)CN.Cl. The molecule has 2 N–H and O–H groups in total. The Hall–Kier alpha value is -0.770. The maximum Gasteiger partial charge on any atom is 0.229 e. The van der Waals surface area contributed by atoms with Crippen LogP contribution in [0.1, 0.15) is 19.4 Å². The van der Waals surface area contributed by atoms with E-state index in [4.69, 9.17) is 17.3 Å². The number of carbonyl (C=O) groups is 1. The fourth-order valence-corrected chi connectivity index (χ4v) is 1.75. The topological polar surface area (TPSA) is 46.3 Å². The number of hydrogen-bond donors (Lipinski definition) is 1. The molecule has 0 spiro atoms. The molecule has 0 aliphatic carbocycles. The Labute approximate surface area is 120 Å². The fraction of sp³-hybridized carbons (Fsp3) is 0.462. The molecule has 18 heavy (non-hydrogen) atoms. The van der Waals surface area contributed by atoms with E-state index in [0.717, 1.165) is 5.56 Å². The van der Waals surface area contributed by atoms with Gasteiger partial charge in [0.2, 0.25) is 5.91 Å². The Bertz CT molecular complexity index is 408. The zero-order valence-corrected chi connectivity index (χ0v) is 12.5. The standard InChI is InChI=1S/C13H19ClN2O.ClH/c1-13(2,9-15)12(17)16(3)8-10-6-4-5-7-11(10)14;/h4-7H,8-9,15H2,1-3H3;1H. The molecule has 1 aromatic rings. The Morgan fingerprint density at radius 1 is 1.39 bits per heavy atom. The minimum Gasteiger partial charge on any atom is -0.341 e. The first-order valence-electron chi connectivity index (χ1n) is 5.57. The zero-order valence-electron chi connectivity index (χ0n) is 10.9. The highest BCUT2D eigenvalue weighted by molar-refractivity contribution is 6.31. The second-order valence-corrected chi connectivity index (χ2v) is 5.25. The van der Waals surface area contributed by atoms with Gasteiger partial charge in [0.05, 0.1) is 5.41 Å². The molecule has 0 saturated carbocycles. The summed E-state index contributed by atoms with van der Waals surface area (Å²) in [6.45, 7) is 4.53. The highest BCUT2D eigenvalue weighted by atomic mass is 35.5. The van der Waals surface area contributed by atoms with Crippen molar-refractivity contribution in [1.82, 2.24) is 4.90 Å². The number of nitrogens with two attached hydrogens (primary N) is 1. The molecule has 1 rings (SSSR count). The minimum absolute atomic E-state index is 0. The molecule has 0 bridgehead atoms. The molecule has 1 aromatic carbocycles. The highest BCUT2D eigenvalue weighted by Crippen LogP contribution is 2.20.